The first kappa shape index (κ1) is 12.5. The fourth-order valence-electron chi connectivity index (χ4n) is 2.32. The fourth-order valence-corrected chi connectivity index (χ4v) is 2.32. The van der Waals surface area contributed by atoms with E-state index in [1.165, 1.54) is 22.4 Å². The van der Waals surface area contributed by atoms with Gasteiger partial charge in [0.25, 0.3) is 0 Å². The third kappa shape index (κ3) is 2.48. The first-order chi connectivity index (χ1) is 8.61. The summed E-state index contributed by atoms with van der Waals surface area (Å²) >= 11 is 0. The second kappa shape index (κ2) is 5.13. The normalized spacial score (nSPS) is 10.2. The summed E-state index contributed by atoms with van der Waals surface area (Å²) in [7, 11) is 1.94. The zero-order valence-corrected chi connectivity index (χ0v) is 11.5. The van der Waals surface area contributed by atoms with E-state index >= 15 is 0 Å². The Balaban J connectivity index is 2.40. The van der Waals surface area contributed by atoms with E-state index in [-0.39, 0.29) is 0 Å². The molecule has 0 aliphatic carbocycles. The first-order valence-electron chi connectivity index (χ1n) is 6.23. The molecule has 0 spiro atoms. The highest BCUT2D eigenvalue weighted by atomic mass is 14.9. The summed E-state index contributed by atoms with van der Waals surface area (Å²) in [6.45, 7) is 6.42. The molecular weight excluding hydrogens is 220 g/mol. The van der Waals surface area contributed by atoms with Crippen LogP contribution in [0.1, 0.15) is 16.7 Å². The smallest absolute Gasteiger partial charge is 0.0620 e. The molecule has 0 heterocycles. The van der Waals surface area contributed by atoms with Crippen molar-refractivity contribution in [3.63, 3.8) is 0 Å². The summed E-state index contributed by atoms with van der Waals surface area (Å²) in [6, 6.07) is 12.6. The van der Waals surface area contributed by atoms with Crippen molar-refractivity contribution in [2.75, 3.05) is 17.7 Å². The molecule has 0 radical (unpaired) electrons. The maximum atomic E-state index is 3.52. The van der Waals surface area contributed by atoms with Gasteiger partial charge in [-0.3, -0.25) is 0 Å². The van der Waals surface area contributed by atoms with Crippen molar-refractivity contribution in [3.8, 4) is 0 Å². The van der Waals surface area contributed by atoms with Crippen LogP contribution in [0.15, 0.2) is 36.4 Å². The molecule has 94 valence electrons. The van der Waals surface area contributed by atoms with Crippen LogP contribution in [0.25, 0.3) is 0 Å². The van der Waals surface area contributed by atoms with Crippen molar-refractivity contribution in [1.82, 2.24) is 0 Å². The Morgan fingerprint density at radius 1 is 0.833 bits per heavy atom. The molecule has 0 amide bonds. The van der Waals surface area contributed by atoms with Crippen molar-refractivity contribution in [2.24, 2.45) is 0 Å². The topological polar surface area (TPSA) is 24.1 Å². The van der Waals surface area contributed by atoms with Crippen LogP contribution in [0.5, 0.6) is 0 Å². The Labute approximate surface area is 109 Å². The van der Waals surface area contributed by atoms with Gasteiger partial charge in [-0.25, -0.2) is 0 Å². The minimum Gasteiger partial charge on any atom is -0.386 e. The predicted octanol–water partition coefficient (Wildman–Crippen LogP) is 4.40. The quantitative estimate of drug-likeness (QED) is 0.831. The second-order valence-electron chi connectivity index (χ2n) is 4.69. The summed E-state index contributed by atoms with van der Waals surface area (Å²) in [5.74, 6) is 0. The van der Waals surface area contributed by atoms with Gasteiger partial charge in [0.2, 0.25) is 0 Å². The van der Waals surface area contributed by atoms with Crippen LogP contribution < -0.4 is 10.6 Å². The molecule has 2 nitrogen and oxygen atoms in total. The van der Waals surface area contributed by atoms with Crippen LogP contribution in [-0.2, 0) is 0 Å². The number of anilines is 3. The molecule has 0 unspecified atom stereocenters. The van der Waals surface area contributed by atoms with Crippen molar-refractivity contribution in [3.05, 3.63) is 53.1 Å². The minimum absolute atomic E-state index is 1.11. The third-order valence-electron chi connectivity index (χ3n) is 3.13. The zero-order chi connectivity index (χ0) is 13.1. The highest BCUT2D eigenvalue weighted by Crippen LogP contribution is 2.29. The molecule has 0 saturated heterocycles. The zero-order valence-electron chi connectivity index (χ0n) is 11.5. The summed E-state index contributed by atoms with van der Waals surface area (Å²) in [5.41, 5.74) is 7.27. The summed E-state index contributed by atoms with van der Waals surface area (Å²) in [4.78, 5) is 0. The average molecular weight is 240 g/mol. The molecule has 0 aliphatic rings. The van der Waals surface area contributed by atoms with E-state index in [0.29, 0.717) is 0 Å². The fraction of sp³-hybridized carbons (Fsp3) is 0.250. The maximum absolute atomic E-state index is 3.52. The monoisotopic (exact) mass is 240 g/mol. The van der Waals surface area contributed by atoms with Crippen molar-refractivity contribution >= 4 is 17.1 Å². The largest absolute Gasteiger partial charge is 0.386 e. The Bertz CT molecular complexity index is 536. The van der Waals surface area contributed by atoms with Gasteiger partial charge in [-0.15, -0.1) is 0 Å². The van der Waals surface area contributed by atoms with Crippen molar-refractivity contribution < 1.29 is 0 Å². The van der Waals surface area contributed by atoms with Crippen LogP contribution in [-0.4, -0.2) is 7.05 Å². The Morgan fingerprint density at radius 2 is 1.39 bits per heavy atom. The van der Waals surface area contributed by atoms with Crippen LogP contribution in [0.4, 0.5) is 17.1 Å². The van der Waals surface area contributed by atoms with Gasteiger partial charge in [0.05, 0.1) is 11.4 Å². The van der Waals surface area contributed by atoms with E-state index in [2.05, 4.69) is 55.7 Å². The number of hydrogen-bond donors (Lipinski definition) is 2. The molecule has 0 aliphatic heterocycles. The molecular formula is C16H20N2. The van der Waals surface area contributed by atoms with Gasteiger partial charge in [0.15, 0.2) is 0 Å². The molecule has 0 aromatic heterocycles. The highest BCUT2D eigenvalue weighted by Gasteiger charge is 2.06. The van der Waals surface area contributed by atoms with Gasteiger partial charge in [0, 0.05) is 12.7 Å². The number of aryl methyl sites for hydroxylation is 3. The van der Waals surface area contributed by atoms with E-state index in [1.807, 2.05) is 19.2 Å². The van der Waals surface area contributed by atoms with Gasteiger partial charge >= 0.3 is 0 Å². The van der Waals surface area contributed by atoms with Crippen LogP contribution in [0, 0.1) is 20.8 Å². The highest BCUT2D eigenvalue weighted by molar-refractivity contribution is 5.76. The number of para-hydroxylation sites is 2. The number of hydrogen-bond acceptors (Lipinski definition) is 2. The number of benzene rings is 2. The van der Waals surface area contributed by atoms with E-state index < -0.39 is 0 Å². The lowest BCUT2D eigenvalue weighted by Gasteiger charge is -2.16. The Kier molecular flexibility index (Phi) is 3.56. The molecule has 2 rings (SSSR count). The van der Waals surface area contributed by atoms with E-state index in [4.69, 9.17) is 0 Å². The Hall–Kier alpha value is -1.96. The molecule has 0 fully saturated rings. The molecule has 0 saturated carbocycles. The molecule has 18 heavy (non-hydrogen) atoms. The molecule has 2 aromatic rings. The number of rotatable bonds is 3. The molecule has 2 heteroatoms. The molecule has 2 aromatic carbocycles. The lowest BCUT2D eigenvalue weighted by molar-refractivity contribution is 1.31. The average Bonchev–Trinajstić information content (AvgIpc) is 2.34. The van der Waals surface area contributed by atoms with Gasteiger partial charge in [-0.1, -0.05) is 29.8 Å². The Morgan fingerprint density at radius 3 is 1.94 bits per heavy atom. The van der Waals surface area contributed by atoms with Crippen molar-refractivity contribution in [2.45, 2.75) is 20.8 Å². The van der Waals surface area contributed by atoms with E-state index in [1.54, 1.807) is 0 Å². The van der Waals surface area contributed by atoms with Gasteiger partial charge in [-0.2, -0.15) is 0 Å². The predicted molar refractivity (Wildman–Crippen MR) is 79.9 cm³/mol. The van der Waals surface area contributed by atoms with Gasteiger partial charge < -0.3 is 10.6 Å². The maximum Gasteiger partial charge on any atom is 0.0620 e. The van der Waals surface area contributed by atoms with Crippen molar-refractivity contribution in [1.29, 1.82) is 0 Å². The van der Waals surface area contributed by atoms with Crippen LogP contribution in [0.3, 0.4) is 0 Å². The summed E-state index contributed by atoms with van der Waals surface area (Å²) < 4.78 is 0. The summed E-state index contributed by atoms with van der Waals surface area (Å²) in [6.07, 6.45) is 0. The second-order valence-corrected chi connectivity index (χ2v) is 4.69. The number of nitrogens with one attached hydrogen (secondary N) is 2. The molecule has 0 atom stereocenters. The standard InChI is InChI=1S/C16H20N2/c1-11-9-12(2)16(13(3)10-11)18-15-8-6-5-7-14(15)17-4/h5-10,17-18H,1-4H3. The summed E-state index contributed by atoms with van der Waals surface area (Å²) in [5, 5.41) is 6.73. The third-order valence-corrected chi connectivity index (χ3v) is 3.13. The van der Waals surface area contributed by atoms with Crippen LogP contribution in [0.2, 0.25) is 0 Å². The van der Waals surface area contributed by atoms with E-state index in [9.17, 15) is 0 Å². The lowest BCUT2D eigenvalue weighted by Crippen LogP contribution is -2.00. The minimum atomic E-state index is 1.11. The van der Waals surface area contributed by atoms with Gasteiger partial charge in [-0.05, 0) is 44.0 Å². The SMILES string of the molecule is CNc1ccccc1Nc1c(C)cc(C)cc1C. The molecule has 0 bridgehead atoms. The molecule has 2 N–H and O–H groups in total. The van der Waals surface area contributed by atoms with Crippen LogP contribution >= 0.6 is 0 Å². The lowest BCUT2D eigenvalue weighted by atomic mass is 10.0. The van der Waals surface area contributed by atoms with Gasteiger partial charge in [0.1, 0.15) is 0 Å². The first-order valence-corrected chi connectivity index (χ1v) is 6.23. The van der Waals surface area contributed by atoms with E-state index in [0.717, 1.165) is 11.4 Å².